The standard InChI is InChI=1S/C60H92N8O4S/c1-14-21-42-30-47(54(61-34-42)41(10)72-13)56-48(33-60(11,12)16-3)46-31-45(24-25-51(46)67(56)18-5)50-37-73-52(63-50)32-49(59(71)68-28-20-19-27-62-68)64-57(69)55(38(6)7)66-29-26-43(36-66)35-65(17-4)58(70)40(9)53(39(8)15-2)44-22-23-44/h24-25,30-31,34,37-41,43-44,49,53,55,62H,14-23,26-29,32-33,35-36H2,1-13H3,(H,64,69). The number of likely N-dealkylation sites (tertiary alicyclic amines) is 1. The molecule has 13 heteroatoms. The number of fused-ring (bicyclic) bond motifs is 1. The summed E-state index contributed by atoms with van der Waals surface area (Å²) in [5.74, 6) is 2.01. The first-order chi connectivity index (χ1) is 35.0. The molecule has 0 radical (unpaired) electrons. The minimum Gasteiger partial charge on any atom is -0.375 e. The fourth-order valence-electron chi connectivity index (χ4n) is 12.2. The predicted octanol–water partition coefficient (Wildman–Crippen LogP) is 11.5. The van der Waals surface area contributed by atoms with Crippen molar-refractivity contribution < 1.29 is 19.1 Å². The number of aromatic nitrogens is 3. The van der Waals surface area contributed by atoms with Gasteiger partial charge in [0.05, 0.1) is 34.2 Å². The number of pyridine rings is 1. The van der Waals surface area contributed by atoms with Gasteiger partial charge in [-0.25, -0.2) is 10.4 Å². The van der Waals surface area contributed by atoms with Crippen LogP contribution in [0.1, 0.15) is 162 Å². The summed E-state index contributed by atoms with van der Waals surface area (Å²) < 4.78 is 8.40. The number of aryl methyl sites for hydroxylation is 2. The molecule has 5 heterocycles. The third-order valence-electron chi connectivity index (χ3n) is 17.0. The van der Waals surface area contributed by atoms with Gasteiger partial charge in [0, 0.05) is 92.3 Å². The number of benzene rings is 1. The van der Waals surface area contributed by atoms with Crippen LogP contribution in [0, 0.1) is 40.9 Å². The SMILES string of the molecule is CCCc1cnc(C(C)OC)c(-c2c(CC(C)(C)CC)c3cc(-c4csc(CC(NC(=O)C(C(C)C)N5CCC(CN(CC)C(=O)C(C)C(C(C)CC)C6CC6)C5)C(=O)N5CCCCN5)n4)ccc3n2CC)c1. The van der Waals surface area contributed by atoms with Gasteiger partial charge in [-0.1, -0.05) is 87.6 Å². The van der Waals surface area contributed by atoms with Crippen LogP contribution in [0.5, 0.6) is 0 Å². The number of amides is 3. The van der Waals surface area contributed by atoms with E-state index in [1.807, 2.05) is 6.20 Å². The van der Waals surface area contributed by atoms with Gasteiger partial charge in [-0.3, -0.25) is 29.3 Å². The molecule has 0 bridgehead atoms. The first kappa shape index (κ1) is 56.6. The summed E-state index contributed by atoms with van der Waals surface area (Å²) in [4.78, 5) is 58.0. The van der Waals surface area contributed by atoms with Crippen molar-refractivity contribution in [1.29, 1.82) is 0 Å². The smallest absolute Gasteiger partial charge is 0.259 e. The number of nitrogens with zero attached hydrogens (tertiary/aromatic N) is 6. The molecule has 2 N–H and O–H groups in total. The van der Waals surface area contributed by atoms with Crippen molar-refractivity contribution in [2.75, 3.05) is 46.4 Å². The van der Waals surface area contributed by atoms with E-state index in [9.17, 15) is 14.4 Å². The van der Waals surface area contributed by atoms with E-state index in [2.05, 4.69) is 138 Å². The maximum Gasteiger partial charge on any atom is 0.259 e. The Morgan fingerprint density at radius 3 is 2.40 bits per heavy atom. The van der Waals surface area contributed by atoms with Crippen LogP contribution in [0.15, 0.2) is 35.8 Å². The van der Waals surface area contributed by atoms with Gasteiger partial charge in [-0.15, -0.1) is 11.3 Å². The largest absolute Gasteiger partial charge is 0.375 e. The van der Waals surface area contributed by atoms with Crippen molar-refractivity contribution in [3.05, 3.63) is 57.7 Å². The molecule has 3 aliphatic rings. The van der Waals surface area contributed by atoms with Crippen LogP contribution in [0.2, 0.25) is 0 Å². The molecule has 73 heavy (non-hydrogen) atoms. The number of thiazole rings is 1. The number of methoxy groups -OCH3 is 1. The quantitative estimate of drug-likeness (QED) is 0.0672. The van der Waals surface area contributed by atoms with Gasteiger partial charge in [-0.2, -0.15) is 0 Å². The van der Waals surface area contributed by atoms with Crippen molar-refractivity contribution in [2.45, 2.75) is 178 Å². The number of carbonyl (C=O) groups excluding carboxylic acids is 3. The van der Waals surface area contributed by atoms with Crippen LogP contribution in [-0.4, -0.2) is 106 Å². The second kappa shape index (κ2) is 25.1. The molecule has 2 aliphatic heterocycles. The van der Waals surface area contributed by atoms with Gasteiger partial charge in [-0.05, 0) is 137 Å². The molecule has 0 spiro atoms. The normalized spacial score (nSPS) is 19.3. The summed E-state index contributed by atoms with van der Waals surface area (Å²) in [6, 6.07) is 7.91. The Morgan fingerprint density at radius 2 is 1.77 bits per heavy atom. The summed E-state index contributed by atoms with van der Waals surface area (Å²) >= 11 is 1.55. The van der Waals surface area contributed by atoms with Crippen LogP contribution in [0.25, 0.3) is 33.4 Å². The second-order valence-electron chi connectivity index (χ2n) is 23.2. The van der Waals surface area contributed by atoms with E-state index in [-0.39, 0.29) is 47.0 Å². The second-order valence-corrected chi connectivity index (χ2v) is 24.1. The average molecular weight is 1020 g/mol. The zero-order chi connectivity index (χ0) is 52.7. The fourth-order valence-corrected chi connectivity index (χ4v) is 13.1. The Labute approximate surface area is 443 Å². The minimum atomic E-state index is -0.788. The molecule has 1 aromatic carbocycles. The number of nitrogens with one attached hydrogen (secondary N) is 2. The summed E-state index contributed by atoms with van der Waals surface area (Å²) in [6.45, 7) is 31.6. The average Bonchev–Trinajstić information content (AvgIpc) is 3.78. The zero-order valence-electron chi connectivity index (χ0n) is 47.1. The third kappa shape index (κ3) is 13.1. The van der Waals surface area contributed by atoms with E-state index in [0.717, 1.165) is 105 Å². The number of carbonyl (C=O) groups is 3. The van der Waals surface area contributed by atoms with Crippen LogP contribution < -0.4 is 10.7 Å². The maximum atomic E-state index is 14.7. The molecule has 7 unspecified atom stereocenters. The van der Waals surface area contributed by atoms with Crippen molar-refractivity contribution in [3.8, 4) is 22.5 Å². The molecule has 2 saturated heterocycles. The highest BCUT2D eigenvalue weighted by molar-refractivity contribution is 7.10. The highest BCUT2D eigenvalue weighted by atomic mass is 32.1. The van der Waals surface area contributed by atoms with Crippen molar-refractivity contribution >= 4 is 40.0 Å². The number of hydrazine groups is 1. The third-order valence-corrected chi connectivity index (χ3v) is 17.9. The number of ether oxygens (including phenoxy) is 1. The lowest BCUT2D eigenvalue weighted by molar-refractivity contribution is -0.141. The van der Waals surface area contributed by atoms with Gasteiger partial charge in [0.2, 0.25) is 11.8 Å². The molecule has 3 fully saturated rings. The van der Waals surface area contributed by atoms with Crippen LogP contribution in [0.3, 0.4) is 0 Å². The molecule has 4 aromatic rings. The van der Waals surface area contributed by atoms with Gasteiger partial charge < -0.3 is 19.5 Å². The summed E-state index contributed by atoms with van der Waals surface area (Å²) in [6.07, 6.45) is 12.5. The Kier molecular flexibility index (Phi) is 19.5. The molecule has 3 aromatic heterocycles. The first-order valence-electron chi connectivity index (χ1n) is 28.5. The molecule has 1 saturated carbocycles. The fraction of sp³-hybridized carbons (Fsp3) is 0.683. The summed E-state index contributed by atoms with van der Waals surface area (Å²) in [5, 5.41) is 9.14. The van der Waals surface area contributed by atoms with E-state index in [0.29, 0.717) is 43.8 Å². The Balaban J connectivity index is 1.14. The van der Waals surface area contributed by atoms with Gasteiger partial charge >= 0.3 is 0 Å². The molecule has 12 nitrogen and oxygen atoms in total. The lowest BCUT2D eigenvalue weighted by Crippen LogP contribution is -2.59. The van der Waals surface area contributed by atoms with E-state index >= 15 is 0 Å². The zero-order valence-corrected chi connectivity index (χ0v) is 47.9. The van der Waals surface area contributed by atoms with E-state index in [1.54, 1.807) is 23.5 Å². The van der Waals surface area contributed by atoms with Gasteiger partial charge in [0.15, 0.2) is 0 Å². The number of hydrogen-bond donors (Lipinski definition) is 2. The van der Waals surface area contributed by atoms with Crippen LogP contribution in [0.4, 0.5) is 0 Å². The van der Waals surface area contributed by atoms with Gasteiger partial charge in [0.25, 0.3) is 5.91 Å². The monoisotopic (exact) mass is 1020 g/mol. The maximum absolute atomic E-state index is 14.7. The minimum absolute atomic E-state index is 0.0182. The lowest BCUT2D eigenvalue weighted by atomic mass is 9.78. The first-order valence-corrected chi connectivity index (χ1v) is 29.3. The summed E-state index contributed by atoms with van der Waals surface area (Å²) in [5.41, 5.74) is 12.3. The lowest BCUT2D eigenvalue weighted by Gasteiger charge is -2.35. The van der Waals surface area contributed by atoms with E-state index in [4.69, 9.17) is 14.7 Å². The van der Waals surface area contributed by atoms with Gasteiger partial charge in [0.1, 0.15) is 6.04 Å². The molecule has 402 valence electrons. The Bertz CT molecular complexity index is 2490. The molecule has 1 aliphatic carbocycles. The molecular formula is C60H92N8O4S. The number of rotatable bonds is 25. The molecule has 7 rings (SSSR count). The van der Waals surface area contributed by atoms with Crippen molar-refractivity contribution in [3.63, 3.8) is 0 Å². The van der Waals surface area contributed by atoms with E-state index < -0.39 is 12.1 Å². The van der Waals surface area contributed by atoms with Crippen LogP contribution in [-0.2, 0) is 44.9 Å². The topological polar surface area (TPSA) is 125 Å². The van der Waals surface area contributed by atoms with E-state index in [1.165, 1.54) is 40.6 Å². The molecule has 7 atom stereocenters. The predicted molar refractivity (Wildman–Crippen MR) is 299 cm³/mol. The molecular weight excluding hydrogens is 929 g/mol. The van der Waals surface area contributed by atoms with Crippen LogP contribution >= 0.6 is 11.3 Å². The highest BCUT2D eigenvalue weighted by Gasteiger charge is 2.43. The number of hydrogen-bond acceptors (Lipinski definition) is 9. The Hall–Kier alpha value is -4.17. The van der Waals surface area contributed by atoms with Crippen molar-refractivity contribution in [1.82, 2.24) is 40.1 Å². The van der Waals surface area contributed by atoms with Crippen molar-refractivity contribution in [2.24, 2.45) is 40.9 Å². The Morgan fingerprint density at radius 1 is 1.00 bits per heavy atom. The summed E-state index contributed by atoms with van der Waals surface area (Å²) in [7, 11) is 1.76. The highest BCUT2D eigenvalue weighted by Crippen LogP contribution is 2.46. The molecule has 3 amide bonds.